The van der Waals surface area contributed by atoms with Crippen LogP contribution in [0.3, 0.4) is 0 Å². The zero-order chi connectivity index (χ0) is 28.2. The van der Waals surface area contributed by atoms with E-state index in [0.29, 0.717) is 46.0 Å². The van der Waals surface area contributed by atoms with Crippen molar-refractivity contribution in [3.63, 3.8) is 0 Å². The van der Waals surface area contributed by atoms with Gasteiger partial charge in [-0.3, -0.25) is 4.79 Å². The van der Waals surface area contributed by atoms with Gasteiger partial charge < -0.3 is 20.5 Å². The summed E-state index contributed by atoms with van der Waals surface area (Å²) < 4.78 is 79.4. The molecule has 1 unspecified atom stereocenters. The maximum Gasteiger partial charge on any atom is 0.403 e. The summed E-state index contributed by atoms with van der Waals surface area (Å²) in [7, 11) is 0. The first-order valence-corrected chi connectivity index (χ1v) is 12.9. The van der Waals surface area contributed by atoms with Gasteiger partial charge in [-0.05, 0) is 55.5 Å². The van der Waals surface area contributed by atoms with Gasteiger partial charge in [0.25, 0.3) is 0 Å². The summed E-state index contributed by atoms with van der Waals surface area (Å²) in [5, 5.41) is 5.94. The molecule has 1 saturated carbocycles. The average Bonchev–Trinajstić information content (AvgIpc) is 3.60. The Morgan fingerprint density at radius 2 is 1.85 bits per heavy atom. The van der Waals surface area contributed by atoms with Gasteiger partial charge >= 0.3 is 12.4 Å². The van der Waals surface area contributed by atoms with Crippen LogP contribution in [0, 0.1) is 11.3 Å². The number of carbonyl (C=O) groups is 1. The minimum absolute atomic E-state index is 0.0725. The fourth-order valence-electron chi connectivity index (χ4n) is 4.81. The van der Waals surface area contributed by atoms with Gasteiger partial charge in [-0.1, -0.05) is 29.3 Å². The Hall–Kier alpha value is -2.86. The van der Waals surface area contributed by atoms with E-state index in [1.807, 2.05) is 0 Å². The second-order valence-corrected chi connectivity index (χ2v) is 10.7. The number of carbonyl (C=O) groups excluding carboxylic acids is 1. The molecule has 14 heteroatoms. The highest BCUT2D eigenvalue weighted by molar-refractivity contribution is 6.34. The van der Waals surface area contributed by atoms with Crippen LogP contribution in [-0.4, -0.2) is 41.3 Å². The van der Waals surface area contributed by atoms with Crippen LogP contribution >= 0.6 is 23.2 Å². The monoisotopic (exact) mass is 593 g/mol. The quantitative estimate of drug-likeness (QED) is 0.261. The molecule has 0 bridgehead atoms. The molecule has 1 saturated heterocycles. The lowest BCUT2D eigenvalue weighted by molar-refractivity contribution is -0.192. The minimum atomic E-state index is -4.60. The molecule has 2 fully saturated rings. The maximum atomic E-state index is 13.3. The largest absolute Gasteiger partial charge is 0.403 e. The third-order valence-corrected chi connectivity index (χ3v) is 7.87. The summed E-state index contributed by atoms with van der Waals surface area (Å²) in [5.74, 6) is -2.22. The number of benzene rings is 2. The molecule has 1 atom stereocenters. The number of piperidine rings is 1. The van der Waals surface area contributed by atoms with Crippen molar-refractivity contribution in [1.29, 1.82) is 0 Å². The van der Waals surface area contributed by atoms with E-state index in [1.165, 1.54) is 6.07 Å². The second kappa shape index (κ2) is 9.96. The van der Waals surface area contributed by atoms with Crippen LogP contribution in [-0.2, 0) is 11.3 Å². The van der Waals surface area contributed by atoms with E-state index < -0.39 is 29.6 Å². The van der Waals surface area contributed by atoms with Gasteiger partial charge in [0.05, 0.1) is 38.4 Å². The molecule has 2 heterocycles. The predicted molar refractivity (Wildman–Crippen MR) is 136 cm³/mol. The van der Waals surface area contributed by atoms with E-state index in [2.05, 4.69) is 20.6 Å². The summed E-state index contributed by atoms with van der Waals surface area (Å²) in [6.45, 7) is 0.125. The van der Waals surface area contributed by atoms with E-state index in [9.17, 15) is 31.1 Å². The molecule has 5 rings (SSSR count). The molecule has 210 valence electrons. The van der Waals surface area contributed by atoms with Gasteiger partial charge in [-0.15, -0.1) is 0 Å². The van der Waals surface area contributed by atoms with Crippen LogP contribution in [0.25, 0.3) is 11.0 Å². The molecule has 6 nitrogen and oxygen atoms in total. The summed E-state index contributed by atoms with van der Waals surface area (Å²) >= 11 is 12.7. The molecule has 0 radical (unpaired) electrons. The molecule has 1 amide bonds. The lowest BCUT2D eigenvalue weighted by Crippen LogP contribution is -2.41. The first-order valence-electron chi connectivity index (χ1n) is 12.2. The van der Waals surface area contributed by atoms with E-state index in [4.69, 9.17) is 23.2 Å². The molecule has 39 heavy (non-hydrogen) atoms. The molecular weight excluding hydrogens is 571 g/mol. The van der Waals surface area contributed by atoms with E-state index in [1.54, 1.807) is 29.2 Å². The van der Waals surface area contributed by atoms with Gasteiger partial charge in [-0.25, -0.2) is 4.98 Å². The highest BCUT2D eigenvalue weighted by Gasteiger charge is 2.68. The van der Waals surface area contributed by atoms with Gasteiger partial charge in [0.15, 0.2) is 0 Å². The van der Waals surface area contributed by atoms with Gasteiger partial charge in [0.2, 0.25) is 11.9 Å². The van der Waals surface area contributed by atoms with Crippen molar-refractivity contribution < 1.29 is 31.1 Å². The van der Waals surface area contributed by atoms with Crippen molar-refractivity contribution >= 4 is 57.5 Å². The van der Waals surface area contributed by atoms with Crippen molar-refractivity contribution in [1.82, 2.24) is 15.3 Å². The van der Waals surface area contributed by atoms with Crippen molar-refractivity contribution in [3.8, 4) is 0 Å². The van der Waals surface area contributed by atoms with Crippen molar-refractivity contribution in [2.24, 2.45) is 11.3 Å². The first kappa shape index (κ1) is 27.7. The topological polar surface area (TPSA) is 73.1 Å². The predicted octanol–water partition coefficient (Wildman–Crippen LogP) is 7.35. The summed E-state index contributed by atoms with van der Waals surface area (Å²) in [6, 6.07) is 7.90. The Morgan fingerprint density at radius 1 is 1.10 bits per heavy atom. The number of hydrogen-bond donors (Lipinski definition) is 3. The van der Waals surface area contributed by atoms with Crippen LogP contribution in [0.5, 0.6) is 0 Å². The normalized spacial score (nSPS) is 19.3. The highest BCUT2D eigenvalue weighted by atomic mass is 35.5. The molecular formula is C25H23Cl2F6N5O. The van der Waals surface area contributed by atoms with Crippen LogP contribution < -0.4 is 15.5 Å². The molecule has 3 N–H and O–H groups in total. The number of nitrogens with one attached hydrogen (secondary N) is 3. The lowest BCUT2D eigenvalue weighted by atomic mass is 9.97. The van der Waals surface area contributed by atoms with E-state index >= 15 is 0 Å². The molecule has 2 aromatic carbocycles. The van der Waals surface area contributed by atoms with Crippen molar-refractivity contribution in [2.45, 2.75) is 44.6 Å². The fraction of sp³-hybridized carbons (Fsp3) is 0.440. The summed E-state index contributed by atoms with van der Waals surface area (Å²) in [6.07, 6.45) is -8.88. The molecule has 0 spiro atoms. The van der Waals surface area contributed by atoms with Gasteiger partial charge in [0, 0.05) is 19.6 Å². The number of aromatic nitrogens is 2. The second-order valence-electron chi connectivity index (χ2n) is 9.93. The zero-order valence-electron chi connectivity index (χ0n) is 20.2. The zero-order valence-corrected chi connectivity index (χ0v) is 21.8. The van der Waals surface area contributed by atoms with Crippen LogP contribution in [0.15, 0.2) is 30.3 Å². The molecule has 2 aliphatic rings. The van der Waals surface area contributed by atoms with E-state index in [0.717, 1.165) is 0 Å². The lowest BCUT2D eigenvalue weighted by Gasteiger charge is -2.35. The Balaban J connectivity index is 1.31. The Bertz CT molecular complexity index is 1400. The Labute approximate surface area is 229 Å². The number of anilines is 3. The van der Waals surface area contributed by atoms with Gasteiger partial charge in [0.1, 0.15) is 5.41 Å². The summed E-state index contributed by atoms with van der Waals surface area (Å²) in [5.41, 5.74) is 0.0500. The third kappa shape index (κ3) is 5.58. The SMILES string of the molecule is O=C(NCc1ccc(Cl)c(Nc2nc3cc(N4CCCC(C(F)(F)F)C4)c(Cl)cc3[nH]2)c1)C1(C(F)(F)F)CC1. The number of hydrogen-bond acceptors (Lipinski definition) is 4. The number of amides is 1. The first-order chi connectivity index (χ1) is 18.3. The smallest absolute Gasteiger partial charge is 0.370 e. The third-order valence-electron chi connectivity index (χ3n) is 7.24. The maximum absolute atomic E-state index is 13.3. The number of fused-ring (bicyclic) bond motifs is 1. The number of imidazole rings is 1. The van der Waals surface area contributed by atoms with Crippen LogP contribution in [0.1, 0.15) is 31.2 Å². The molecule has 1 aliphatic heterocycles. The van der Waals surface area contributed by atoms with E-state index in [-0.39, 0.29) is 43.3 Å². The number of halogens is 8. The number of aromatic amines is 1. The number of nitrogens with zero attached hydrogens (tertiary/aromatic N) is 2. The standard InChI is InChI=1S/C25H23Cl2F6N5O/c26-15-4-3-13(11-34-21(39)23(5-6-23)25(31,32)33)8-17(15)35-22-36-18-9-16(27)20(10-19(18)37-22)38-7-1-2-14(12-38)24(28,29)30/h3-4,8-10,14H,1-2,5-7,11-12H2,(H,34,39)(H2,35,36,37). The Kier molecular flexibility index (Phi) is 7.07. The highest BCUT2D eigenvalue weighted by Crippen LogP contribution is 2.57. The molecule has 1 aromatic heterocycles. The van der Waals surface area contributed by atoms with Crippen molar-refractivity contribution in [3.05, 3.63) is 45.9 Å². The number of alkyl halides is 6. The number of rotatable bonds is 6. The van der Waals surface area contributed by atoms with Crippen molar-refractivity contribution in [2.75, 3.05) is 23.3 Å². The average molecular weight is 594 g/mol. The number of H-pyrrole nitrogens is 1. The fourth-order valence-corrected chi connectivity index (χ4v) is 5.25. The molecule has 3 aromatic rings. The summed E-state index contributed by atoms with van der Waals surface area (Å²) in [4.78, 5) is 21.3. The van der Waals surface area contributed by atoms with Crippen LogP contribution in [0.2, 0.25) is 10.0 Å². The van der Waals surface area contributed by atoms with Gasteiger partial charge in [-0.2, -0.15) is 26.3 Å². The molecule has 1 aliphatic carbocycles. The minimum Gasteiger partial charge on any atom is -0.370 e. The van der Waals surface area contributed by atoms with Crippen LogP contribution in [0.4, 0.5) is 43.7 Å². The Morgan fingerprint density at radius 3 is 2.51 bits per heavy atom.